The summed E-state index contributed by atoms with van der Waals surface area (Å²) in [6, 6.07) is 0. The second-order valence-corrected chi connectivity index (χ2v) is 6.77. The van der Waals surface area contributed by atoms with Crippen LogP contribution in [0.2, 0.25) is 0 Å². The molecule has 0 atom stereocenters. The minimum Gasteiger partial charge on any atom is -0.342 e. The van der Waals surface area contributed by atoms with Crippen LogP contribution >= 0.6 is 0 Å². The van der Waals surface area contributed by atoms with E-state index in [-0.39, 0.29) is 49.4 Å². The zero-order valence-corrected chi connectivity index (χ0v) is 15.9. The molecule has 0 aromatic carbocycles. The molecule has 0 saturated carbocycles. The van der Waals surface area contributed by atoms with Crippen LogP contribution in [0.15, 0.2) is 0 Å². The predicted molar refractivity (Wildman–Crippen MR) is 96.1 cm³/mol. The molecule has 0 aliphatic carbocycles. The Morgan fingerprint density at radius 3 is 2.23 bits per heavy atom. The molecule has 2 aliphatic heterocycles. The maximum Gasteiger partial charge on any atom is 0.236 e. The summed E-state index contributed by atoms with van der Waals surface area (Å²) in [5, 5.41) is 0. The van der Waals surface area contributed by atoms with E-state index in [9.17, 15) is 19.2 Å². The van der Waals surface area contributed by atoms with Crippen molar-refractivity contribution in [2.24, 2.45) is 0 Å². The number of imide groups is 1. The number of carbonyl (C=O) groups is 4. The maximum absolute atomic E-state index is 12.4. The molecule has 4 amide bonds. The number of rotatable bonds is 7. The van der Waals surface area contributed by atoms with Crippen molar-refractivity contribution in [1.29, 1.82) is 0 Å². The molecule has 0 aromatic rings. The van der Waals surface area contributed by atoms with Crippen molar-refractivity contribution in [1.82, 2.24) is 19.6 Å². The lowest BCUT2D eigenvalue weighted by Crippen LogP contribution is -2.42. The lowest BCUT2D eigenvalue weighted by atomic mass is 10.3. The van der Waals surface area contributed by atoms with E-state index in [0.717, 1.165) is 13.0 Å². The second kappa shape index (κ2) is 9.66. The molecule has 8 nitrogen and oxygen atoms in total. The van der Waals surface area contributed by atoms with Crippen LogP contribution in [0.3, 0.4) is 0 Å². The zero-order chi connectivity index (χ0) is 19.1. The van der Waals surface area contributed by atoms with Gasteiger partial charge in [-0.15, -0.1) is 0 Å². The smallest absolute Gasteiger partial charge is 0.236 e. The molecular weight excluding hydrogens is 336 g/mol. The fraction of sp³-hybridized carbons (Fsp3) is 0.778. The summed E-state index contributed by atoms with van der Waals surface area (Å²) in [6.45, 7) is 8.62. The summed E-state index contributed by atoms with van der Waals surface area (Å²) in [4.78, 5) is 54.8. The number of likely N-dealkylation sites (N-methyl/N-ethyl adjacent to an activating group) is 1. The summed E-state index contributed by atoms with van der Waals surface area (Å²) in [5.41, 5.74) is 0. The van der Waals surface area contributed by atoms with Crippen LogP contribution in [-0.2, 0) is 19.2 Å². The van der Waals surface area contributed by atoms with Gasteiger partial charge in [0.1, 0.15) is 0 Å². The lowest BCUT2D eigenvalue weighted by molar-refractivity contribution is -0.139. The van der Waals surface area contributed by atoms with Crippen LogP contribution in [0.5, 0.6) is 0 Å². The first-order valence-electron chi connectivity index (χ1n) is 9.57. The molecule has 0 N–H and O–H groups in total. The van der Waals surface area contributed by atoms with Gasteiger partial charge in [0.15, 0.2) is 0 Å². The summed E-state index contributed by atoms with van der Waals surface area (Å²) in [7, 11) is 0. The highest BCUT2D eigenvalue weighted by atomic mass is 16.2. The van der Waals surface area contributed by atoms with Crippen molar-refractivity contribution >= 4 is 23.6 Å². The van der Waals surface area contributed by atoms with E-state index in [1.807, 2.05) is 18.7 Å². The Balaban J connectivity index is 1.78. The average Bonchev–Trinajstić information content (AvgIpc) is 2.81. The highest BCUT2D eigenvalue weighted by Gasteiger charge is 2.29. The molecular formula is C18H30N4O4. The molecule has 2 aliphatic rings. The third kappa shape index (κ3) is 5.27. The fourth-order valence-electron chi connectivity index (χ4n) is 3.48. The first-order valence-corrected chi connectivity index (χ1v) is 9.57. The van der Waals surface area contributed by atoms with Crippen molar-refractivity contribution in [3.63, 3.8) is 0 Å². The lowest BCUT2D eigenvalue weighted by Gasteiger charge is -2.25. The highest BCUT2D eigenvalue weighted by molar-refractivity contribution is 6.02. The molecule has 8 heteroatoms. The molecule has 2 heterocycles. The number of amides is 4. The number of hydrogen-bond acceptors (Lipinski definition) is 5. The highest BCUT2D eigenvalue weighted by Crippen LogP contribution is 2.13. The van der Waals surface area contributed by atoms with E-state index >= 15 is 0 Å². The van der Waals surface area contributed by atoms with Crippen LogP contribution < -0.4 is 0 Å². The first-order chi connectivity index (χ1) is 12.5. The number of nitrogens with zero attached hydrogens (tertiary/aromatic N) is 4. The summed E-state index contributed by atoms with van der Waals surface area (Å²) < 4.78 is 0. The van der Waals surface area contributed by atoms with Crippen LogP contribution in [0.4, 0.5) is 0 Å². The van der Waals surface area contributed by atoms with E-state index in [1.54, 1.807) is 4.90 Å². The molecule has 2 rings (SSSR count). The molecule has 0 aromatic heterocycles. The second-order valence-electron chi connectivity index (χ2n) is 6.77. The van der Waals surface area contributed by atoms with Gasteiger partial charge in [-0.05, 0) is 20.3 Å². The molecule has 0 bridgehead atoms. The van der Waals surface area contributed by atoms with E-state index in [1.165, 1.54) is 4.90 Å². The van der Waals surface area contributed by atoms with Crippen LogP contribution in [0, 0.1) is 0 Å². The normalized spacial score (nSPS) is 19.0. The first kappa shape index (κ1) is 20.4. The minimum absolute atomic E-state index is 0.0329. The van der Waals surface area contributed by atoms with Crippen molar-refractivity contribution in [2.75, 3.05) is 52.4 Å². The molecule has 0 unspecified atom stereocenters. The molecule has 2 fully saturated rings. The molecule has 0 radical (unpaired) electrons. The van der Waals surface area contributed by atoms with Crippen molar-refractivity contribution in [2.45, 2.75) is 39.5 Å². The van der Waals surface area contributed by atoms with Gasteiger partial charge in [-0.2, -0.15) is 0 Å². The van der Waals surface area contributed by atoms with Crippen molar-refractivity contribution in [3.8, 4) is 0 Å². The van der Waals surface area contributed by atoms with Gasteiger partial charge < -0.3 is 9.80 Å². The minimum atomic E-state index is -0.181. The van der Waals surface area contributed by atoms with Crippen LogP contribution in [0.25, 0.3) is 0 Å². The Kier molecular flexibility index (Phi) is 7.56. The Labute approximate surface area is 155 Å². The quantitative estimate of drug-likeness (QED) is 0.589. The van der Waals surface area contributed by atoms with E-state index < -0.39 is 0 Å². The van der Waals surface area contributed by atoms with Crippen LogP contribution in [0.1, 0.15) is 39.5 Å². The largest absolute Gasteiger partial charge is 0.342 e. The van der Waals surface area contributed by atoms with E-state index in [4.69, 9.17) is 0 Å². The Morgan fingerprint density at radius 2 is 1.62 bits per heavy atom. The Morgan fingerprint density at radius 1 is 0.962 bits per heavy atom. The number of hydrogen-bond donors (Lipinski definition) is 0. The maximum atomic E-state index is 12.4. The van der Waals surface area contributed by atoms with Crippen molar-refractivity contribution in [3.05, 3.63) is 0 Å². The fourth-order valence-corrected chi connectivity index (χ4v) is 3.48. The standard InChI is InChI=1S/C18H30N4O4/c1-3-20(4-2)18(26)14-19-9-5-10-21(13-12-19)15(23)8-11-22-16(24)6-7-17(22)25/h3-14H2,1-2H3. The van der Waals surface area contributed by atoms with Gasteiger partial charge in [-0.1, -0.05) is 0 Å². The van der Waals surface area contributed by atoms with E-state index in [0.29, 0.717) is 39.3 Å². The van der Waals surface area contributed by atoms with Gasteiger partial charge in [-0.25, -0.2) is 0 Å². The summed E-state index contributed by atoms with van der Waals surface area (Å²) in [6.07, 6.45) is 1.51. The molecule has 0 spiro atoms. The molecule has 2 saturated heterocycles. The van der Waals surface area contributed by atoms with Gasteiger partial charge in [0.05, 0.1) is 6.54 Å². The van der Waals surface area contributed by atoms with Gasteiger partial charge in [-0.3, -0.25) is 29.0 Å². The monoisotopic (exact) mass is 366 g/mol. The van der Waals surface area contributed by atoms with Gasteiger partial charge in [0, 0.05) is 65.1 Å². The van der Waals surface area contributed by atoms with Crippen molar-refractivity contribution < 1.29 is 19.2 Å². The number of carbonyl (C=O) groups excluding carboxylic acids is 4. The topological polar surface area (TPSA) is 81.2 Å². The summed E-state index contributed by atoms with van der Waals surface area (Å²) in [5.74, 6) is -0.269. The van der Waals surface area contributed by atoms with Gasteiger partial charge in [0.2, 0.25) is 23.6 Å². The molecule has 146 valence electrons. The SMILES string of the molecule is CCN(CC)C(=O)CN1CCCN(C(=O)CCN2C(=O)CCC2=O)CC1. The van der Waals surface area contributed by atoms with Gasteiger partial charge >= 0.3 is 0 Å². The third-order valence-corrected chi connectivity index (χ3v) is 5.12. The zero-order valence-electron chi connectivity index (χ0n) is 15.9. The van der Waals surface area contributed by atoms with Crippen LogP contribution in [-0.4, -0.2) is 95.6 Å². The summed E-state index contributed by atoms with van der Waals surface area (Å²) >= 11 is 0. The average molecular weight is 366 g/mol. The van der Waals surface area contributed by atoms with Gasteiger partial charge in [0.25, 0.3) is 0 Å². The Hall–Kier alpha value is -1.96. The van der Waals surface area contributed by atoms with E-state index in [2.05, 4.69) is 4.90 Å². The third-order valence-electron chi connectivity index (χ3n) is 5.12. The molecule has 26 heavy (non-hydrogen) atoms. The Bertz CT molecular complexity index is 531. The predicted octanol–water partition coefficient (Wildman–Crippen LogP) is -0.0718. The number of likely N-dealkylation sites (tertiary alicyclic amines) is 1.